The molecule has 15 heavy (non-hydrogen) atoms. The van der Waals surface area contributed by atoms with Gasteiger partial charge in [-0.25, -0.2) is 5.84 Å². The quantitative estimate of drug-likeness (QED) is 0.195. The normalized spacial score (nSPS) is 10.0. The van der Waals surface area contributed by atoms with Crippen molar-refractivity contribution in [2.75, 3.05) is 19.6 Å². The second-order valence-electron chi connectivity index (χ2n) is 3.36. The molecule has 0 atom stereocenters. The molecule has 0 heterocycles. The number of unbranched alkanes of at least 4 members (excludes halogenated alkanes) is 1. The SMILES string of the molecule is C=CCN(CC=C)CCCCC(=O)NN. The lowest BCUT2D eigenvalue weighted by molar-refractivity contribution is -0.121. The number of nitrogens with one attached hydrogen (secondary N) is 1. The van der Waals surface area contributed by atoms with Crippen LogP contribution in [0.4, 0.5) is 0 Å². The Hall–Kier alpha value is -1.13. The Morgan fingerprint density at radius 1 is 1.27 bits per heavy atom. The smallest absolute Gasteiger partial charge is 0.233 e. The summed E-state index contributed by atoms with van der Waals surface area (Å²) < 4.78 is 0. The van der Waals surface area contributed by atoms with E-state index in [9.17, 15) is 4.79 Å². The molecular weight excluding hydrogens is 190 g/mol. The first-order valence-electron chi connectivity index (χ1n) is 5.18. The summed E-state index contributed by atoms with van der Waals surface area (Å²) in [5.41, 5.74) is 2.12. The standard InChI is InChI=1S/C11H21N3O/c1-3-8-14(9-4-2)10-6-5-7-11(15)13-12/h3-4H,1-2,5-10,12H2,(H,13,15). The predicted molar refractivity (Wildman–Crippen MR) is 63.0 cm³/mol. The minimum atomic E-state index is -0.103. The van der Waals surface area contributed by atoms with Gasteiger partial charge in [0.2, 0.25) is 5.91 Å². The summed E-state index contributed by atoms with van der Waals surface area (Å²) in [4.78, 5) is 13.0. The van der Waals surface area contributed by atoms with Crippen molar-refractivity contribution < 1.29 is 4.79 Å². The molecule has 0 fully saturated rings. The molecule has 0 saturated carbocycles. The van der Waals surface area contributed by atoms with Crippen LogP contribution in [0.3, 0.4) is 0 Å². The Balaban J connectivity index is 3.56. The Labute approximate surface area is 91.8 Å². The lowest BCUT2D eigenvalue weighted by Gasteiger charge is -2.18. The topological polar surface area (TPSA) is 58.4 Å². The van der Waals surface area contributed by atoms with Gasteiger partial charge in [0.25, 0.3) is 0 Å². The molecule has 0 aromatic carbocycles. The molecule has 4 heteroatoms. The number of hydrazine groups is 1. The van der Waals surface area contributed by atoms with Gasteiger partial charge in [-0.1, -0.05) is 12.2 Å². The van der Waals surface area contributed by atoms with E-state index in [0.29, 0.717) is 6.42 Å². The maximum absolute atomic E-state index is 10.8. The van der Waals surface area contributed by atoms with Gasteiger partial charge in [-0.3, -0.25) is 15.1 Å². The minimum Gasteiger partial charge on any atom is -0.296 e. The summed E-state index contributed by atoms with van der Waals surface area (Å²) in [7, 11) is 0. The van der Waals surface area contributed by atoms with Gasteiger partial charge in [0.1, 0.15) is 0 Å². The first-order valence-corrected chi connectivity index (χ1v) is 5.18. The van der Waals surface area contributed by atoms with E-state index in [1.54, 1.807) is 0 Å². The molecule has 0 rings (SSSR count). The fourth-order valence-corrected chi connectivity index (χ4v) is 1.32. The highest BCUT2D eigenvalue weighted by atomic mass is 16.2. The van der Waals surface area contributed by atoms with Crippen molar-refractivity contribution in [3.8, 4) is 0 Å². The first kappa shape index (κ1) is 13.9. The molecule has 1 amide bonds. The number of nitrogens with two attached hydrogens (primary N) is 1. The highest BCUT2D eigenvalue weighted by molar-refractivity contribution is 5.75. The van der Waals surface area contributed by atoms with E-state index in [4.69, 9.17) is 5.84 Å². The highest BCUT2D eigenvalue weighted by Crippen LogP contribution is 1.99. The van der Waals surface area contributed by atoms with Gasteiger partial charge < -0.3 is 0 Å². The molecule has 0 spiro atoms. The minimum absolute atomic E-state index is 0.103. The van der Waals surface area contributed by atoms with Crippen molar-refractivity contribution in [3.63, 3.8) is 0 Å². The fraction of sp³-hybridized carbons (Fsp3) is 0.545. The van der Waals surface area contributed by atoms with Crippen LogP contribution < -0.4 is 11.3 Å². The van der Waals surface area contributed by atoms with Crippen molar-refractivity contribution in [3.05, 3.63) is 25.3 Å². The molecule has 3 N–H and O–H groups in total. The van der Waals surface area contributed by atoms with Crippen molar-refractivity contribution in [1.29, 1.82) is 0 Å². The zero-order valence-corrected chi connectivity index (χ0v) is 9.24. The summed E-state index contributed by atoms with van der Waals surface area (Å²) >= 11 is 0. The van der Waals surface area contributed by atoms with Crippen LogP contribution >= 0.6 is 0 Å². The van der Waals surface area contributed by atoms with E-state index in [1.165, 1.54) is 0 Å². The summed E-state index contributed by atoms with van der Waals surface area (Å²) in [5, 5.41) is 0. The van der Waals surface area contributed by atoms with Crippen LogP contribution in [-0.2, 0) is 4.79 Å². The lowest BCUT2D eigenvalue weighted by Crippen LogP contribution is -2.30. The number of carbonyl (C=O) groups is 1. The molecular formula is C11H21N3O. The Morgan fingerprint density at radius 3 is 2.33 bits per heavy atom. The lowest BCUT2D eigenvalue weighted by atomic mass is 10.2. The summed E-state index contributed by atoms with van der Waals surface area (Å²) in [6, 6.07) is 0. The highest BCUT2D eigenvalue weighted by Gasteiger charge is 2.01. The number of hydrogen-bond donors (Lipinski definition) is 2. The average molecular weight is 211 g/mol. The van der Waals surface area contributed by atoms with Crippen molar-refractivity contribution in [1.82, 2.24) is 10.3 Å². The van der Waals surface area contributed by atoms with Crippen molar-refractivity contribution >= 4 is 5.91 Å². The Morgan fingerprint density at radius 2 is 1.87 bits per heavy atom. The van der Waals surface area contributed by atoms with E-state index in [2.05, 4.69) is 23.5 Å². The molecule has 0 aliphatic rings. The number of nitrogens with zero attached hydrogens (tertiary/aromatic N) is 1. The van der Waals surface area contributed by atoms with Gasteiger partial charge in [0.15, 0.2) is 0 Å². The zero-order valence-electron chi connectivity index (χ0n) is 9.24. The summed E-state index contributed by atoms with van der Waals surface area (Å²) in [6.45, 7) is 10.1. The molecule has 0 saturated heterocycles. The van der Waals surface area contributed by atoms with Crippen molar-refractivity contribution in [2.45, 2.75) is 19.3 Å². The van der Waals surface area contributed by atoms with Crippen LogP contribution in [0, 0.1) is 0 Å². The number of rotatable bonds is 9. The van der Waals surface area contributed by atoms with E-state index in [1.807, 2.05) is 12.2 Å². The Bertz CT molecular complexity index is 194. The maximum atomic E-state index is 10.8. The monoisotopic (exact) mass is 211 g/mol. The third-order valence-electron chi connectivity index (χ3n) is 2.06. The molecule has 86 valence electrons. The average Bonchev–Trinajstić information content (AvgIpc) is 2.24. The molecule has 0 aliphatic carbocycles. The first-order chi connectivity index (χ1) is 7.24. The molecule has 0 aromatic heterocycles. The number of carbonyl (C=O) groups excluding carboxylic acids is 1. The van der Waals surface area contributed by atoms with Gasteiger partial charge in [-0.05, 0) is 19.4 Å². The van der Waals surface area contributed by atoms with Crippen LogP contribution in [0.25, 0.3) is 0 Å². The number of amides is 1. The summed E-state index contributed by atoms with van der Waals surface area (Å²) in [6.07, 6.45) is 6.07. The predicted octanol–water partition coefficient (Wildman–Crippen LogP) is 0.821. The van der Waals surface area contributed by atoms with E-state index in [-0.39, 0.29) is 5.91 Å². The van der Waals surface area contributed by atoms with Crippen LogP contribution in [0.15, 0.2) is 25.3 Å². The van der Waals surface area contributed by atoms with Crippen LogP contribution in [0.2, 0.25) is 0 Å². The molecule has 4 nitrogen and oxygen atoms in total. The second-order valence-corrected chi connectivity index (χ2v) is 3.36. The second kappa shape index (κ2) is 9.43. The van der Waals surface area contributed by atoms with Crippen LogP contribution in [0.1, 0.15) is 19.3 Å². The molecule has 0 bridgehead atoms. The van der Waals surface area contributed by atoms with Crippen LogP contribution in [0.5, 0.6) is 0 Å². The van der Waals surface area contributed by atoms with Gasteiger partial charge in [-0.15, -0.1) is 13.2 Å². The fourth-order valence-electron chi connectivity index (χ4n) is 1.32. The third kappa shape index (κ3) is 7.90. The van der Waals surface area contributed by atoms with Gasteiger partial charge in [0.05, 0.1) is 0 Å². The van der Waals surface area contributed by atoms with E-state index in [0.717, 1.165) is 32.5 Å². The molecule has 0 aliphatic heterocycles. The van der Waals surface area contributed by atoms with E-state index >= 15 is 0 Å². The van der Waals surface area contributed by atoms with Gasteiger partial charge >= 0.3 is 0 Å². The maximum Gasteiger partial charge on any atom is 0.233 e. The Kier molecular flexibility index (Phi) is 8.72. The van der Waals surface area contributed by atoms with Gasteiger partial charge in [0, 0.05) is 19.5 Å². The van der Waals surface area contributed by atoms with Gasteiger partial charge in [-0.2, -0.15) is 0 Å². The van der Waals surface area contributed by atoms with Crippen molar-refractivity contribution in [2.24, 2.45) is 5.84 Å². The van der Waals surface area contributed by atoms with Crippen LogP contribution in [-0.4, -0.2) is 30.4 Å². The summed E-state index contributed by atoms with van der Waals surface area (Å²) in [5.74, 6) is 4.87. The third-order valence-corrected chi connectivity index (χ3v) is 2.06. The molecule has 0 radical (unpaired) electrons. The zero-order chi connectivity index (χ0) is 11.5. The number of hydrogen-bond acceptors (Lipinski definition) is 3. The largest absolute Gasteiger partial charge is 0.296 e. The van der Waals surface area contributed by atoms with E-state index < -0.39 is 0 Å². The molecule has 0 aromatic rings. The molecule has 0 unspecified atom stereocenters.